The normalized spacial score (nSPS) is 11.0. The smallest absolute Gasteiger partial charge is 0.357 e. The second-order valence-corrected chi connectivity index (χ2v) is 7.34. The number of hydrogen-bond acceptors (Lipinski definition) is 5. The summed E-state index contributed by atoms with van der Waals surface area (Å²) in [5.74, 6) is -0.393. The number of carbonyl (C=O) groups excluding carboxylic acids is 2. The quantitative estimate of drug-likeness (QED) is 0.579. The lowest BCUT2D eigenvalue weighted by molar-refractivity contribution is -0.124. The largest absolute Gasteiger partial charge is 0.492 e. The first-order valence-electron chi connectivity index (χ1n) is 8.54. The van der Waals surface area contributed by atoms with Gasteiger partial charge in [0.1, 0.15) is 18.1 Å². The van der Waals surface area contributed by atoms with Gasteiger partial charge in [-0.3, -0.25) is 4.79 Å². The molecule has 7 heteroatoms. The first-order valence-corrected chi connectivity index (χ1v) is 8.92. The molecule has 0 saturated heterocycles. The monoisotopic (exact) mass is 390 g/mol. The molecule has 1 aromatic heterocycles. The Morgan fingerprint density at radius 2 is 1.85 bits per heavy atom. The lowest BCUT2D eigenvalue weighted by Gasteiger charge is -2.19. The zero-order valence-corrected chi connectivity index (χ0v) is 16.4. The van der Waals surface area contributed by atoms with Gasteiger partial charge in [-0.05, 0) is 35.2 Å². The zero-order chi connectivity index (χ0) is 19.9. The van der Waals surface area contributed by atoms with Crippen LogP contribution < -0.4 is 10.1 Å². The second kappa shape index (κ2) is 9.37. The van der Waals surface area contributed by atoms with Crippen LogP contribution in [0.25, 0.3) is 0 Å². The molecular weight excluding hydrogens is 368 g/mol. The molecule has 2 rings (SSSR count). The fourth-order valence-electron chi connectivity index (χ4n) is 2.18. The van der Waals surface area contributed by atoms with Crippen LogP contribution in [0.3, 0.4) is 0 Å². The third-order valence-electron chi connectivity index (χ3n) is 3.68. The van der Waals surface area contributed by atoms with Gasteiger partial charge in [0, 0.05) is 11.2 Å². The van der Waals surface area contributed by atoms with Crippen LogP contribution in [0, 0.1) is 0 Å². The van der Waals surface area contributed by atoms with E-state index in [9.17, 15) is 9.59 Å². The lowest BCUT2D eigenvalue weighted by atomic mass is 9.87. The maximum atomic E-state index is 11.8. The van der Waals surface area contributed by atoms with E-state index in [0.717, 1.165) is 5.75 Å². The number of carbonyl (C=O) groups is 2. The first-order chi connectivity index (χ1) is 12.8. The summed E-state index contributed by atoms with van der Waals surface area (Å²) in [7, 11) is 0. The minimum atomic E-state index is -0.706. The number of aromatic nitrogens is 1. The standard InChI is InChI=1S/C20H23ClN2O4/c1-20(2,3)14-4-6-16(7-5-14)26-11-10-23-18(24)13-27-19(25)17-12-15(21)8-9-22-17/h4-9,12H,10-11,13H2,1-3H3,(H,23,24). The molecule has 0 atom stereocenters. The van der Waals surface area contributed by atoms with Gasteiger partial charge in [-0.25, -0.2) is 9.78 Å². The van der Waals surface area contributed by atoms with Crippen molar-refractivity contribution in [3.63, 3.8) is 0 Å². The van der Waals surface area contributed by atoms with Crippen LogP contribution in [0.1, 0.15) is 36.8 Å². The summed E-state index contributed by atoms with van der Waals surface area (Å²) in [6.45, 7) is 6.65. The number of nitrogens with zero attached hydrogens (tertiary/aromatic N) is 1. The van der Waals surface area contributed by atoms with E-state index in [1.54, 1.807) is 6.07 Å². The fraction of sp³-hybridized carbons (Fsp3) is 0.350. The Kier molecular flexibility index (Phi) is 7.19. The highest BCUT2D eigenvalue weighted by Crippen LogP contribution is 2.24. The SMILES string of the molecule is CC(C)(C)c1ccc(OCCNC(=O)COC(=O)c2cc(Cl)ccn2)cc1. The molecule has 2 aromatic rings. The summed E-state index contributed by atoms with van der Waals surface area (Å²) in [4.78, 5) is 27.3. The van der Waals surface area contributed by atoms with Crippen molar-refractivity contribution in [2.45, 2.75) is 26.2 Å². The third-order valence-corrected chi connectivity index (χ3v) is 3.91. The molecule has 6 nitrogen and oxygen atoms in total. The highest BCUT2D eigenvalue weighted by atomic mass is 35.5. The number of amides is 1. The molecule has 1 N–H and O–H groups in total. The van der Waals surface area contributed by atoms with Crippen molar-refractivity contribution in [1.29, 1.82) is 0 Å². The lowest BCUT2D eigenvalue weighted by Crippen LogP contribution is -2.32. The predicted molar refractivity (Wildman–Crippen MR) is 103 cm³/mol. The van der Waals surface area contributed by atoms with Gasteiger partial charge < -0.3 is 14.8 Å². The highest BCUT2D eigenvalue weighted by molar-refractivity contribution is 6.30. The molecule has 27 heavy (non-hydrogen) atoms. The van der Waals surface area contributed by atoms with Crippen LogP contribution in [-0.2, 0) is 14.9 Å². The molecule has 0 radical (unpaired) electrons. The molecule has 0 unspecified atom stereocenters. The topological polar surface area (TPSA) is 77.5 Å². The molecule has 0 fully saturated rings. The van der Waals surface area contributed by atoms with E-state index in [1.165, 1.54) is 17.8 Å². The van der Waals surface area contributed by atoms with E-state index in [4.69, 9.17) is 21.1 Å². The van der Waals surface area contributed by atoms with Gasteiger partial charge >= 0.3 is 5.97 Å². The Balaban J connectivity index is 1.67. The van der Waals surface area contributed by atoms with Gasteiger partial charge in [0.25, 0.3) is 5.91 Å². The maximum absolute atomic E-state index is 11.8. The van der Waals surface area contributed by atoms with Crippen LogP contribution in [0.4, 0.5) is 0 Å². The molecule has 0 aliphatic rings. The first kappa shape index (κ1) is 20.7. The van der Waals surface area contributed by atoms with Gasteiger partial charge in [-0.1, -0.05) is 44.5 Å². The Hall–Kier alpha value is -2.60. The number of esters is 1. The number of nitrogens with one attached hydrogen (secondary N) is 1. The second-order valence-electron chi connectivity index (χ2n) is 6.91. The van der Waals surface area contributed by atoms with E-state index in [-0.39, 0.29) is 11.1 Å². The number of ether oxygens (including phenoxy) is 2. The third kappa shape index (κ3) is 6.90. The van der Waals surface area contributed by atoms with Gasteiger partial charge in [0.15, 0.2) is 6.61 Å². The molecule has 0 saturated carbocycles. The molecule has 0 aliphatic heterocycles. The van der Waals surface area contributed by atoms with Crippen molar-refractivity contribution < 1.29 is 19.1 Å². The average molecular weight is 391 g/mol. The Morgan fingerprint density at radius 3 is 2.48 bits per heavy atom. The predicted octanol–water partition coefficient (Wildman–Crippen LogP) is 3.38. The summed E-state index contributed by atoms with van der Waals surface area (Å²) in [6.07, 6.45) is 1.39. The molecule has 144 valence electrons. The molecule has 0 bridgehead atoms. The van der Waals surface area contributed by atoms with E-state index in [1.807, 2.05) is 24.3 Å². The number of rotatable bonds is 7. The van der Waals surface area contributed by atoms with Crippen molar-refractivity contribution in [2.24, 2.45) is 0 Å². The van der Waals surface area contributed by atoms with Gasteiger partial charge in [-0.15, -0.1) is 0 Å². The summed E-state index contributed by atoms with van der Waals surface area (Å²) < 4.78 is 10.5. The van der Waals surface area contributed by atoms with Gasteiger partial charge in [0.05, 0.1) is 6.54 Å². The number of halogens is 1. The molecule has 1 heterocycles. The number of hydrogen-bond donors (Lipinski definition) is 1. The Bertz CT molecular complexity index is 785. The summed E-state index contributed by atoms with van der Waals surface area (Å²) in [5, 5.41) is 2.99. The molecule has 0 aliphatic carbocycles. The zero-order valence-electron chi connectivity index (χ0n) is 15.6. The van der Waals surface area contributed by atoms with Crippen molar-refractivity contribution >= 4 is 23.5 Å². The number of benzene rings is 1. The van der Waals surface area contributed by atoms with E-state index in [0.29, 0.717) is 18.2 Å². The highest BCUT2D eigenvalue weighted by Gasteiger charge is 2.13. The van der Waals surface area contributed by atoms with Crippen molar-refractivity contribution in [3.05, 3.63) is 58.9 Å². The van der Waals surface area contributed by atoms with Crippen LogP contribution in [0.15, 0.2) is 42.6 Å². The van der Waals surface area contributed by atoms with Crippen LogP contribution >= 0.6 is 11.6 Å². The average Bonchev–Trinajstić information content (AvgIpc) is 2.63. The van der Waals surface area contributed by atoms with E-state index in [2.05, 4.69) is 31.1 Å². The summed E-state index contributed by atoms with van der Waals surface area (Å²) >= 11 is 5.78. The van der Waals surface area contributed by atoms with Gasteiger partial charge in [-0.2, -0.15) is 0 Å². The maximum Gasteiger partial charge on any atom is 0.357 e. The summed E-state index contributed by atoms with van der Waals surface area (Å²) in [5.41, 5.74) is 1.36. The van der Waals surface area contributed by atoms with E-state index >= 15 is 0 Å². The van der Waals surface area contributed by atoms with Crippen molar-refractivity contribution in [1.82, 2.24) is 10.3 Å². The Labute approximate surface area is 163 Å². The Morgan fingerprint density at radius 1 is 1.15 bits per heavy atom. The minimum absolute atomic E-state index is 0.0531. The van der Waals surface area contributed by atoms with E-state index < -0.39 is 18.5 Å². The molecular formula is C20H23ClN2O4. The van der Waals surface area contributed by atoms with Gasteiger partial charge in [0.2, 0.25) is 0 Å². The number of pyridine rings is 1. The van der Waals surface area contributed by atoms with Crippen molar-refractivity contribution in [3.8, 4) is 5.75 Å². The van der Waals surface area contributed by atoms with Crippen LogP contribution in [-0.4, -0.2) is 36.6 Å². The molecule has 1 amide bonds. The molecule has 0 spiro atoms. The fourth-order valence-corrected chi connectivity index (χ4v) is 2.34. The van der Waals surface area contributed by atoms with Crippen LogP contribution in [0.2, 0.25) is 5.02 Å². The van der Waals surface area contributed by atoms with Crippen LogP contribution in [0.5, 0.6) is 5.75 Å². The minimum Gasteiger partial charge on any atom is -0.492 e. The van der Waals surface area contributed by atoms with Crippen molar-refractivity contribution in [2.75, 3.05) is 19.8 Å². The molecule has 1 aromatic carbocycles. The summed E-state index contributed by atoms with van der Waals surface area (Å²) in [6, 6.07) is 10.8.